The third-order valence-electron chi connectivity index (χ3n) is 2.10. The van der Waals surface area contributed by atoms with Crippen molar-refractivity contribution in [1.29, 1.82) is 0 Å². The lowest BCUT2D eigenvalue weighted by atomic mass is 10.0. The molecular weight excluding hydrogens is 215 g/mol. The molecule has 86 valence electrons. The number of benzene rings is 1. The molecule has 0 aliphatic rings. The minimum Gasteiger partial charge on any atom is -0.502 e. The van der Waals surface area contributed by atoms with E-state index in [1.807, 2.05) is 0 Å². The smallest absolute Gasteiger partial charge is 0.313 e. The number of aromatic hydroxyl groups is 1. The Bertz CT molecular complexity index is 434. The zero-order valence-corrected chi connectivity index (χ0v) is 8.39. The number of phenols is 1. The summed E-state index contributed by atoms with van der Waals surface area (Å²) in [6.45, 7) is 3.45. The van der Waals surface area contributed by atoms with Crippen molar-refractivity contribution in [2.75, 3.05) is 0 Å². The Hall–Kier alpha value is -1.95. The van der Waals surface area contributed by atoms with E-state index in [9.17, 15) is 19.6 Å². The van der Waals surface area contributed by atoms with E-state index in [1.54, 1.807) is 0 Å². The molecule has 1 atom stereocenters. The van der Waals surface area contributed by atoms with Crippen molar-refractivity contribution < 1.29 is 14.4 Å². The minimum absolute atomic E-state index is 0.00611. The number of phenolic OH excluding ortho intramolecular Hbond substituents is 1. The summed E-state index contributed by atoms with van der Waals surface area (Å²) in [6, 6.07) is 0.919. The summed E-state index contributed by atoms with van der Waals surface area (Å²) in [6.07, 6.45) is 1.77. The molecule has 16 heavy (non-hydrogen) atoms. The summed E-state index contributed by atoms with van der Waals surface area (Å²) in [5.74, 6) is -1.40. The van der Waals surface area contributed by atoms with Gasteiger partial charge in [-0.2, -0.15) is 0 Å². The van der Waals surface area contributed by atoms with Gasteiger partial charge in [0.15, 0.2) is 5.75 Å². The molecule has 0 amide bonds. The number of nitrogens with zero attached hydrogens (tertiary/aromatic N) is 1. The van der Waals surface area contributed by atoms with Gasteiger partial charge in [0.05, 0.1) is 11.0 Å². The molecule has 5 nitrogen and oxygen atoms in total. The average Bonchev–Trinajstić information content (AvgIpc) is 2.20. The third-order valence-corrected chi connectivity index (χ3v) is 2.10. The molecule has 6 heteroatoms. The van der Waals surface area contributed by atoms with Crippen molar-refractivity contribution in [2.45, 2.75) is 12.5 Å². The highest BCUT2D eigenvalue weighted by Gasteiger charge is 2.22. The van der Waals surface area contributed by atoms with Gasteiger partial charge < -0.3 is 10.8 Å². The fraction of sp³-hybridized carbons (Fsp3) is 0.200. The van der Waals surface area contributed by atoms with E-state index in [0.29, 0.717) is 6.07 Å². The van der Waals surface area contributed by atoms with Crippen LogP contribution in [0.4, 0.5) is 10.1 Å². The normalized spacial score (nSPS) is 12.1. The molecule has 0 radical (unpaired) electrons. The molecule has 0 fully saturated rings. The lowest BCUT2D eigenvalue weighted by Gasteiger charge is -2.11. The highest BCUT2D eigenvalue weighted by Crippen LogP contribution is 2.34. The second-order valence-corrected chi connectivity index (χ2v) is 3.25. The molecule has 1 rings (SSSR count). The first kappa shape index (κ1) is 12.1. The fourth-order valence-electron chi connectivity index (χ4n) is 1.33. The lowest BCUT2D eigenvalue weighted by molar-refractivity contribution is -0.386. The van der Waals surface area contributed by atoms with Crippen molar-refractivity contribution in [2.24, 2.45) is 5.73 Å². The van der Waals surface area contributed by atoms with Gasteiger partial charge in [-0.1, -0.05) is 6.08 Å². The highest BCUT2D eigenvalue weighted by atomic mass is 19.1. The van der Waals surface area contributed by atoms with Gasteiger partial charge in [0, 0.05) is 11.6 Å². The van der Waals surface area contributed by atoms with Crippen molar-refractivity contribution >= 4 is 5.69 Å². The number of hydrogen-bond acceptors (Lipinski definition) is 4. The minimum atomic E-state index is -0.859. The van der Waals surface area contributed by atoms with Gasteiger partial charge >= 0.3 is 5.69 Å². The Balaban J connectivity index is 3.28. The Kier molecular flexibility index (Phi) is 3.57. The Morgan fingerprint density at radius 3 is 2.81 bits per heavy atom. The van der Waals surface area contributed by atoms with Gasteiger partial charge in [0.1, 0.15) is 5.82 Å². The number of rotatable bonds is 4. The van der Waals surface area contributed by atoms with E-state index in [0.717, 1.165) is 6.07 Å². The Morgan fingerprint density at radius 1 is 1.69 bits per heavy atom. The SMILES string of the molecule is C=CC[C@@H](N)c1cc(F)cc([N+](=O)[O-])c1O. The molecular formula is C10H11FN2O3. The zero-order valence-electron chi connectivity index (χ0n) is 8.39. The maximum Gasteiger partial charge on any atom is 0.313 e. The lowest BCUT2D eigenvalue weighted by Crippen LogP contribution is -2.10. The van der Waals surface area contributed by atoms with Crippen LogP contribution in [0.2, 0.25) is 0 Å². The molecule has 1 aromatic rings. The molecule has 0 aliphatic carbocycles. The summed E-state index contributed by atoms with van der Waals surface area (Å²) in [5.41, 5.74) is 4.94. The summed E-state index contributed by atoms with van der Waals surface area (Å²) in [4.78, 5) is 9.67. The number of nitrogens with two attached hydrogens (primary N) is 1. The number of halogens is 1. The van der Waals surface area contributed by atoms with Gasteiger partial charge in [-0.3, -0.25) is 10.1 Å². The summed E-state index contributed by atoms with van der Waals surface area (Å²) >= 11 is 0. The van der Waals surface area contributed by atoms with E-state index < -0.39 is 28.2 Å². The van der Waals surface area contributed by atoms with Gasteiger partial charge in [0.2, 0.25) is 0 Å². The third kappa shape index (κ3) is 2.34. The molecule has 0 bridgehead atoms. The molecule has 0 heterocycles. The van der Waals surface area contributed by atoms with Crippen LogP contribution in [0, 0.1) is 15.9 Å². The zero-order chi connectivity index (χ0) is 12.3. The highest BCUT2D eigenvalue weighted by molar-refractivity contribution is 5.52. The van der Waals surface area contributed by atoms with E-state index in [2.05, 4.69) is 6.58 Å². The van der Waals surface area contributed by atoms with E-state index >= 15 is 0 Å². The van der Waals surface area contributed by atoms with Crippen molar-refractivity contribution in [3.05, 3.63) is 46.3 Å². The quantitative estimate of drug-likeness (QED) is 0.467. The molecule has 0 saturated heterocycles. The van der Waals surface area contributed by atoms with Gasteiger partial charge in [-0.15, -0.1) is 6.58 Å². The van der Waals surface area contributed by atoms with Gasteiger partial charge in [-0.25, -0.2) is 4.39 Å². The standard InChI is InChI=1S/C10H11FN2O3/c1-2-3-8(12)7-4-6(11)5-9(10(7)14)13(15)16/h2,4-5,8,14H,1,3,12H2/t8-/m1/s1. The average molecular weight is 226 g/mol. The molecule has 0 unspecified atom stereocenters. The van der Waals surface area contributed by atoms with Gasteiger partial charge in [0.25, 0.3) is 0 Å². The first-order valence-electron chi connectivity index (χ1n) is 4.50. The van der Waals surface area contributed by atoms with Crippen LogP contribution in [0.15, 0.2) is 24.8 Å². The first-order valence-corrected chi connectivity index (χ1v) is 4.50. The number of nitro groups is 1. The maximum absolute atomic E-state index is 13.1. The van der Waals surface area contributed by atoms with Crippen LogP contribution in [-0.2, 0) is 0 Å². The molecule has 0 aromatic heterocycles. The van der Waals surface area contributed by atoms with E-state index in [-0.39, 0.29) is 12.0 Å². The summed E-state index contributed by atoms with van der Waals surface area (Å²) < 4.78 is 13.1. The molecule has 0 spiro atoms. The van der Waals surface area contributed by atoms with Crippen LogP contribution in [0.5, 0.6) is 5.75 Å². The Morgan fingerprint density at radius 2 is 2.31 bits per heavy atom. The molecule has 0 aliphatic heterocycles. The Labute approximate surface area is 91.2 Å². The van der Waals surface area contributed by atoms with Crippen LogP contribution in [0.1, 0.15) is 18.0 Å². The van der Waals surface area contributed by atoms with Crippen LogP contribution in [0.3, 0.4) is 0 Å². The van der Waals surface area contributed by atoms with Crippen molar-refractivity contribution in [3.8, 4) is 5.75 Å². The van der Waals surface area contributed by atoms with Crippen LogP contribution < -0.4 is 5.73 Å². The topological polar surface area (TPSA) is 89.4 Å². The van der Waals surface area contributed by atoms with Gasteiger partial charge in [-0.05, 0) is 12.5 Å². The summed E-state index contributed by atoms with van der Waals surface area (Å²) in [5, 5.41) is 20.1. The maximum atomic E-state index is 13.1. The summed E-state index contributed by atoms with van der Waals surface area (Å²) in [7, 11) is 0. The second-order valence-electron chi connectivity index (χ2n) is 3.25. The molecule has 3 N–H and O–H groups in total. The number of hydrogen-bond donors (Lipinski definition) is 2. The predicted octanol–water partition coefficient (Wildman–Crippen LogP) is 2.02. The van der Waals surface area contributed by atoms with Crippen LogP contribution in [-0.4, -0.2) is 10.0 Å². The predicted molar refractivity (Wildman–Crippen MR) is 56.5 cm³/mol. The van der Waals surface area contributed by atoms with Crippen LogP contribution >= 0.6 is 0 Å². The second kappa shape index (κ2) is 4.71. The van der Waals surface area contributed by atoms with E-state index in [1.165, 1.54) is 6.08 Å². The first-order chi connectivity index (χ1) is 7.47. The van der Waals surface area contributed by atoms with Crippen molar-refractivity contribution in [3.63, 3.8) is 0 Å². The fourth-order valence-corrected chi connectivity index (χ4v) is 1.33. The van der Waals surface area contributed by atoms with Crippen LogP contribution in [0.25, 0.3) is 0 Å². The molecule has 1 aromatic carbocycles. The van der Waals surface area contributed by atoms with Crippen molar-refractivity contribution in [1.82, 2.24) is 0 Å². The number of nitro benzene ring substituents is 1. The monoisotopic (exact) mass is 226 g/mol. The van der Waals surface area contributed by atoms with E-state index in [4.69, 9.17) is 5.73 Å². The largest absolute Gasteiger partial charge is 0.502 e. The molecule has 0 saturated carbocycles.